The number of carbonyl (C=O) groups excluding carboxylic acids is 1. The Morgan fingerprint density at radius 2 is 2.31 bits per heavy atom. The molecule has 0 heterocycles. The minimum atomic E-state index is -0.306. The third-order valence-electron chi connectivity index (χ3n) is 1.66. The average Bonchev–Trinajstić information content (AvgIpc) is 2.18. The summed E-state index contributed by atoms with van der Waals surface area (Å²) in [7, 11) is 1.38. The lowest BCUT2D eigenvalue weighted by atomic mass is 10.2. The van der Waals surface area contributed by atoms with Crippen LogP contribution in [0.25, 0.3) is 0 Å². The molecule has 0 radical (unpaired) electrons. The van der Waals surface area contributed by atoms with Crippen LogP contribution in [0.15, 0.2) is 24.3 Å². The highest BCUT2D eigenvalue weighted by atomic mass is 16.5. The van der Waals surface area contributed by atoms with E-state index in [4.69, 9.17) is 0 Å². The molecule has 3 nitrogen and oxygen atoms in total. The molecule has 1 rings (SSSR count). The maximum atomic E-state index is 11.1. The average molecular weight is 179 g/mol. The van der Waals surface area contributed by atoms with E-state index >= 15 is 0 Å². The highest BCUT2D eigenvalue weighted by Gasteiger charge is 2.04. The zero-order valence-electron chi connectivity index (χ0n) is 7.83. The van der Waals surface area contributed by atoms with Crippen LogP contribution in [0.3, 0.4) is 0 Å². The number of anilines is 1. The van der Waals surface area contributed by atoms with Gasteiger partial charge in [0.1, 0.15) is 0 Å². The summed E-state index contributed by atoms with van der Waals surface area (Å²) in [6, 6.07) is 7.24. The Morgan fingerprint density at radius 1 is 1.54 bits per heavy atom. The number of rotatable bonds is 3. The van der Waals surface area contributed by atoms with Gasteiger partial charge in [0.2, 0.25) is 0 Å². The zero-order chi connectivity index (χ0) is 9.68. The van der Waals surface area contributed by atoms with Crippen molar-refractivity contribution in [3.05, 3.63) is 29.8 Å². The van der Waals surface area contributed by atoms with E-state index in [9.17, 15) is 4.79 Å². The second-order valence-corrected chi connectivity index (χ2v) is 2.60. The molecule has 70 valence electrons. The lowest BCUT2D eigenvalue weighted by Gasteiger charge is -2.04. The topological polar surface area (TPSA) is 38.3 Å². The van der Waals surface area contributed by atoms with Crippen molar-refractivity contribution in [3.63, 3.8) is 0 Å². The quantitative estimate of drug-likeness (QED) is 0.720. The number of nitrogens with one attached hydrogen (secondary N) is 1. The molecule has 0 saturated heterocycles. The number of ether oxygens (including phenoxy) is 1. The van der Waals surface area contributed by atoms with Crippen LogP contribution >= 0.6 is 0 Å². The molecule has 1 N–H and O–H groups in total. The maximum Gasteiger partial charge on any atom is 0.337 e. The molecule has 0 fully saturated rings. The first-order valence-corrected chi connectivity index (χ1v) is 4.20. The van der Waals surface area contributed by atoms with Crippen molar-refractivity contribution in [2.75, 3.05) is 19.0 Å². The Labute approximate surface area is 77.7 Å². The van der Waals surface area contributed by atoms with E-state index in [-0.39, 0.29) is 5.97 Å². The summed E-state index contributed by atoms with van der Waals surface area (Å²) in [6.45, 7) is 2.84. The van der Waals surface area contributed by atoms with Gasteiger partial charge in [-0.3, -0.25) is 0 Å². The first-order chi connectivity index (χ1) is 6.27. The summed E-state index contributed by atoms with van der Waals surface area (Å²) in [5, 5.41) is 3.12. The van der Waals surface area contributed by atoms with Crippen LogP contribution in [-0.4, -0.2) is 19.6 Å². The molecule has 0 aliphatic heterocycles. The van der Waals surface area contributed by atoms with E-state index < -0.39 is 0 Å². The molecular formula is C10H13NO2. The van der Waals surface area contributed by atoms with Gasteiger partial charge in [-0.2, -0.15) is 0 Å². The summed E-state index contributed by atoms with van der Waals surface area (Å²) in [5.41, 5.74) is 1.51. The molecular weight excluding hydrogens is 166 g/mol. The molecule has 0 atom stereocenters. The Kier molecular flexibility index (Phi) is 3.31. The number of benzene rings is 1. The molecule has 0 amide bonds. The van der Waals surface area contributed by atoms with Gasteiger partial charge in [-0.25, -0.2) is 4.79 Å². The summed E-state index contributed by atoms with van der Waals surface area (Å²) in [5.74, 6) is -0.306. The molecule has 0 aliphatic rings. The van der Waals surface area contributed by atoms with Crippen LogP contribution in [0.5, 0.6) is 0 Å². The first kappa shape index (κ1) is 9.58. The van der Waals surface area contributed by atoms with Gasteiger partial charge in [-0.05, 0) is 25.1 Å². The van der Waals surface area contributed by atoms with E-state index in [0.29, 0.717) is 5.56 Å². The SMILES string of the molecule is CCNc1cccc(C(=O)OC)c1. The third-order valence-corrected chi connectivity index (χ3v) is 1.66. The minimum absolute atomic E-state index is 0.306. The van der Waals surface area contributed by atoms with Gasteiger partial charge in [0.15, 0.2) is 0 Å². The molecule has 0 bridgehead atoms. The number of carbonyl (C=O) groups is 1. The number of esters is 1. The lowest BCUT2D eigenvalue weighted by molar-refractivity contribution is 0.0601. The highest BCUT2D eigenvalue weighted by Crippen LogP contribution is 2.10. The highest BCUT2D eigenvalue weighted by molar-refractivity contribution is 5.90. The Hall–Kier alpha value is -1.51. The molecule has 13 heavy (non-hydrogen) atoms. The van der Waals surface area contributed by atoms with Gasteiger partial charge in [-0.15, -0.1) is 0 Å². The summed E-state index contributed by atoms with van der Waals surface area (Å²) >= 11 is 0. The zero-order valence-corrected chi connectivity index (χ0v) is 7.83. The fourth-order valence-electron chi connectivity index (χ4n) is 1.08. The molecule has 0 aliphatic carbocycles. The van der Waals surface area contributed by atoms with Crippen molar-refractivity contribution >= 4 is 11.7 Å². The van der Waals surface area contributed by atoms with Crippen molar-refractivity contribution in [2.24, 2.45) is 0 Å². The number of hydrogen-bond donors (Lipinski definition) is 1. The predicted molar refractivity (Wildman–Crippen MR) is 51.9 cm³/mol. The van der Waals surface area contributed by atoms with Crippen molar-refractivity contribution in [1.82, 2.24) is 0 Å². The second kappa shape index (κ2) is 4.50. The van der Waals surface area contributed by atoms with Gasteiger partial charge in [0.05, 0.1) is 12.7 Å². The second-order valence-electron chi connectivity index (χ2n) is 2.60. The molecule has 0 spiro atoms. The molecule has 0 aromatic heterocycles. The normalized spacial score (nSPS) is 9.38. The Morgan fingerprint density at radius 3 is 2.92 bits per heavy atom. The number of methoxy groups -OCH3 is 1. The standard InChI is InChI=1S/C10H13NO2/c1-3-11-9-6-4-5-8(7-9)10(12)13-2/h4-7,11H,3H2,1-2H3. The van der Waals surface area contributed by atoms with Crippen molar-refractivity contribution in [3.8, 4) is 0 Å². The lowest BCUT2D eigenvalue weighted by Crippen LogP contribution is -2.03. The van der Waals surface area contributed by atoms with E-state index in [1.54, 1.807) is 12.1 Å². The maximum absolute atomic E-state index is 11.1. The number of hydrogen-bond acceptors (Lipinski definition) is 3. The smallest absolute Gasteiger partial charge is 0.337 e. The fraction of sp³-hybridized carbons (Fsp3) is 0.300. The van der Waals surface area contributed by atoms with E-state index in [1.807, 2.05) is 19.1 Å². The van der Waals surface area contributed by atoms with Gasteiger partial charge >= 0.3 is 5.97 Å². The minimum Gasteiger partial charge on any atom is -0.465 e. The van der Waals surface area contributed by atoms with E-state index in [0.717, 1.165) is 12.2 Å². The van der Waals surface area contributed by atoms with Gasteiger partial charge < -0.3 is 10.1 Å². The molecule has 1 aromatic rings. The molecule has 3 heteroatoms. The summed E-state index contributed by atoms with van der Waals surface area (Å²) in [6.07, 6.45) is 0. The van der Waals surface area contributed by atoms with Gasteiger partial charge in [0.25, 0.3) is 0 Å². The largest absolute Gasteiger partial charge is 0.465 e. The molecule has 0 saturated carbocycles. The van der Waals surface area contributed by atoms with E-state index in [2.05, 4.69) is 10.1 Å². The van der Waals surface area contributed by atoms with Gasteiger partial charge in [0, 0.05) is 12.2 Å². The first-order valence-electron chi connectivity index (χ1n) is 4.20. The van der Waals surface area contributed by atoms with Crippen LogP contribution in [-0.2, 0) is 4.74 Å². The van der Waals surface area contributed by atoms with Crippen LogP contribution in [0, 0.1) is 0 Å². The van der Waals surface area contributed by atoms with E-state index in [1.165, 1.54) is 7.11 Å². The molecule has 0 unspecified atom stereocenters. The summed E-state index contributed by atoms with van der Waals surface area (Å²) < 4.78 is 4.60. The van der Waals surface area contributed by atoms with Gasteiger partial charge in [-0.1, -0.05) is 6.07 Å². The Bertz CT molecular complexity index is 297. The van der Waals surface area contributed by atoms with Crippen molar-refractivity contribution < 1.29 is 9.53 Å². The van der Waals surface area contributed by atoms with Crippen LogP contribution < -0.4 is 5.32 Å². The van der Waals surface area contributed by atoms with Crippen LogP contribution in [0.2, 0.25) is 0 Å². The van der Waals surface area contributed by atoms with Crippen LogP contribution in [0.1, 0.15) is 17.3 Å². The van der Waals surface area contributed by atoms with Crippen LogP contribution in [0.4, 0.5) is 5.69 Å². The van der Waals surface area contributed by atoms with Crippen molar-refractivity contribution in [1.29, 1.82) is 0 Å². The molecule has 1 aromatic carbocycles. The monoisotopic (exact) mass is 179 g/mol. The Balaban J connectivity index is 2.85. The summed E-state index contributed by atoms with van der Waals surface area (Å²) in [4.78, 5) is 11.1. The third kappa shape index (κ3) is 2.47. The fourth-order valence-corrected chi connectivity index (χ4v) is 1.08. The predicted octanol–water partition coefficient (Wildman–Crippen LogP) is 1.90. The van der Waals surface area contributed by atoms with Crippen molar-refractivity contribution in [2.45, 2.75) is 6.92 Å².